The highest BCUT2D eigenvalue weighted by Gasteiger charge is 2.26. The van der Waals surface area contributed by atoms with Crippen LogP contribution < -0.4 is 9.47 Å². The van der Waals surface area contributed by atoms with E-state index in [-0.39, 0.29) is 30.1 Å². The van der Waals surface area contributed by atoms with Crippen molar-refractivity contribution in [1.29, 1.82) is 0 Å². The van der Waals surface area contributed by atoms with Crippen molar-refractivity contribution in [2.45, 2.75) is 70.8 Å². The van der Waals surface area contributed by atoms with Gasteiger partial charge in [0.25, 0.3) is 0 Å². The van der Waals surface area contributed by atoms with Crippen LogP contribution in [0.25, 0.3) is 11.0 Å². The maximum Gasteiger partial charge on any atom is 0.335 e. The second kappa shape index (κ2) is 13.6. The number of carboxylic acid groups (broad SMARTS) is 1. The third-order valence-electron chi connectivity index (χ3n) is 8.11. The van der Waals surface area contributed by atoms with Gasteiger partial charge in [0.1, 0.15) is 26.6 Å². The largest absolute Gasteiger partial charge is 0.484 e. The maximum absolute atomic E-state index is 14.7. The zero-order valence-electron chi connectivity index (χ0n) is 26.5. The molecule has 4 heterocycles. The highest BCUT2D eigenvalue weighted by atomic mass is 28.3. The Kier molecular flexibility index (Phi) is 9.40. The van der Waals surface area contributed by atoms with Gasteiger partial charge in [-0.1, -0.05) is 31.6 Å². The molecule has 0 amide bonds. The summed E-state index contributed by atoms with van der Waals surface area (Å²) in [6, 6.07) is 15.4. The summed E-state index contributed by atoms with van der Waals surface area (Å²) >= 11 is 0. The molecule has 1 atom stereocenters. The van der Waals surface area contributed by atoms with E-state index in [2.05, 4.69) is 45.6 Å². The Balaban J connectivity index is 1.04. The summed E-state index contributed by atoms with van der Waals surface area (Å²) in [7, 11) is -1.55. The molecule has 4 aromatic rings. The lowest BCUT2D eigenvalue weighted by molar-refractivity contribution is -0.0592. The summed E-state index contributed by atoms with van der Waals surface area (Å²) in [5, 5.41) is 9.51. The number of carbonyl (C=O) groups is 1. The number of nitrogens with zero attached hydrogens (tertiary/aromatic N) is 4. The number of imidazole rings is 1. The van der Waals surface area contributed by atoms with E-state index in [0.717, 1.165) is 55.8 Å². The van der Waals surface area contributed by atoms with Gasteiger partial charge < -0.3 is 23.9 Å². The number of pyridine rings is 1. The lowest BCUT2D eigenvalue weighted by Gasteiger charge is -2.32. The molecule has 2 fully saturated rings. The van der Waals surface area contributed by atoms with Gasteiger partial charge in [-0.15, -0.1) is 5.54 Å². The number of piperidine rings is 1. The molecule has 2 saturated heterocycles. The van der Waals surface area contributed by atoms with E-state index in [4.69, 9.17) is 19.2 Å². The van der Waals surface area contributed by atoms with Crippen LogP contribution in [0.5, 0.6) is 11.6 Å². The Labute approximate surface area is 269 Å². The topological polar surface area (TPSA) is 98.9 Å². The van der Waals surface area contributed by atoms with E-state index >= 15 is 0 Å². The first-order chi connectivity index (χ1) is 22.1. The van der Waals surface area contributed by atoms with Crippen LogP contribution in [0.1, 0.15) is 46.7 Å². The minimum atomic E-state index is -1.55. The molecule has 1 N–H and O–H groups in total. The monoisotopic (exact) mass is 642 g/mol. The molecule has 2 aliphatic heterocycles. The molecule has 2 aliphatic rings. The number of fused-ring (bicyclic) bond motifs is 1. The van der Waals surface area contributed by atoms with E-state index < -0.39 is 19.9 Å². The summed E-state index contributed by atoms with van der Waals surface area (Å²) in [6.45, 7) is 10.3. The molecule has 0 radical (unpaired) electrons. The van der Waals surface area contributed by atoms with Crippen molar-refractivity contribution < 1.29 is 28.5 Å². The third kappa shape index (κ3) is 7.93. The molecule has 0 spiro atoms. The van der Waals surface area contributed by atoms with E-state index in [0.29, 0.717) is 30.2 Å². The quantitative estimate of drug-likeness (QED) is 0.169. The van der Waals surface area contributed by atoms with Gasteiger partial charge in [-0.2, -0.15) is 0 Å². The van der Waals surface area contributed by atoms with Crippen molar-refractivity contribution in [2.24, 2.45) is 0 Å². The fourth-order valence-electron chi connectivity index (χ4n) is 5.53. The lowest BCUT2D eigenvalue weighted by atomic mass is 10.1. The highest BCUT2D eigenvalue weighted by Crippen LogP contribution is 2.25. The standard InChI is InChI=1S/C35H39FN4O5Si/c1-46(2,3)18-14-24-7-10-32(29(36)19-24)44-23-26-5-4-6-34(37-26)45-27-11-15-39(16-12-27)22-33-38-30-9-8-25(35(41)42)20-31(30)40(33)21-28-13-17-43-28/h4-10,19-20,27-28H,11-13,15-17,21-23H2,1-3H3,(H,41,42)/t28-/m0/s1. The highest BCUT2D eigenvalue weighted by molar-refractivity contribution is 6.83. The summed E-state index contributed by atoms with van der Waals surface area (Å²) < 4.78 is 34.5. The minimum Gasteiger partial charge on any atom is -0.484 e. The Morgan fingerprint density at radius 2 is 1.89 bits per heavy atom. The molecule has 0 saturated carbocycles. The van der Waals surface area contributed by atoms with Crippen molar-refractivity contribution in [2.75, 3.05) is 19.7 Å². The van der Waals surface area contributed by atoms with Crippen LogP contribution in [0.2, 0.25) is 19.6 Å². The van der Waals surface area contributed by atoms with Crippen LogP contribution in [-0.4, -0.2) is 70.5 Å². The van der Waals surface area contributed by atoms with Gasteiger partial charge in [-0.25, -0.2) is 19.2 Å². The van der Waals surface area contributed by atoms with E-state index in [1.54, 1.807) is 30.3 Å². The van der Waals surface area contributed by atoms with E-state index in [1.165, 1.54) is 6.07 Å². The molecular formula is C35H39FN4O5Si. The first-order valence-corrected chi connectivity index (χ1v) is 19.2. The Morgan fingerprint density at radius 1 is 1.09 bits per heavy atom. The van der Waals surface area contributed by atoms with Gasteiger partial charge in [0, 0.05) is 31.3 Å². The molecule has 0 bridgehead atoms. The fraction of sp³-hybridized carbons (Fsp3) is 0.400. The molecule has 6 rings (SSSR count). The SMILES string of the molecule is C[Si](C)(C)C#Cc1ccc(OCc2cccc(OC3CCN(Cc4nc5ccc(C(=O)O)cc5n4C[C@@H]4CCO4)CC3)n2)c(F)c1. The van der Waals surface area contributed by atoms with Crippen LogP contribution in [-0.2, 0) is 24.4 Å². The Bertz CT molecular complexity index is 1780. The van der Waals surface area contributed by atoms with Crippen molar-refractivity contribution in [3.63, 3.8) is 0 Å². The zero-order chi connectivity index (χ0) is 32.3. The summed E-state index contributed by atoms with van der Waals surface area (Å²) in [6.07, 6.45) is 2.78. The third-order valence-corrected chi connectivity index (χ3v) is 8.99. The Hall–Kier alpha value is -4.24. The molecule has 2 aromatic carbocycles. The molecule has 0 unspecified atom stereocenters. The number of aromatic nitrogens is 3. The van der Waals surface area contributed by atoms with Crippen LogP contribution in [0, 0.1) is 17.3 Å². The average Bonchev–Trinajstić information content (AvgIpc) is 3.34. The van der Waals surface area contributed by atoms with Crippen LogP contribution in [0.4, 0.5) is 4.39 Å². The first kappa shape index (κ1) is 31.7. The molecule has 2 aromatic heterocycles. The summed E-state index contributed by atoms with van der Waals surface area (Å²) in [5.74, 6) is 3.27. The normalized spacial score (nSPS) is 17.3. The van der Waals surface area contributed by atoms with Crippen LogP contribution >= 0.6 is 0 Å². The molecule has 240 valence electrons. The predicted molar refractivity (Wildman–Crippen MR) is 175 cm³/mol. The number of carboxylic acids is 1. The molecule has 0 aliphatic carbocycles. The number of benzene rings is 2. The summed E-state index contributed by atoms with van der Waals surface area (Å²) in [5.41, 5.74) is 6.41. The first-order valence-electron chi connectivity index (χ1n) is 15.7. The van der Waals surface area contributed by atoms with Crippen molar-refractivity contribution in [1.82, 2.24) is 19.4 Å². The second-order valence-corrected chi connectivity index (χ2v) is 17.7. The summed E-state index contributed by atoms with van der Waals surface area (Å²) in [4.78, 5) is 23.4. The molecule has 9 nitrogen and oxygen atoms in total. The average molecular weight is 643 g/mol. The van der Waals surface area contributed by atoms with Gasteiger partial charge >= 0.3 is 5.97 Å². The minimum absolute atomic E-state index is 0.0162. The van der Waals surface area contributed by atoms with Gasteiger partial charge in [0.15, 0.2) is 11.6 Å². The zero-order valence-corrected chi connectivity index (χ0v) is 27.5. The molecular weight excluding hydrogens is 603 g/mol. The number of rotatable bonds is 10. The predicted octanol–water partition coefficient (Wildman–Crippen LogP) is 5.91. The van der Waals surface area contributed by atoms with Gasteiger partial charge in [-0.05, 0) is 61.7 Å². The fourth-order valence-corrected chi connectivity index (χ4v) is 6.05. The molecule has 11 heteroatoms. The van der Waals surface area contributed by atoms with Crippen molar-refractivity contribution in [3.05, 3.63) is 83.1 Å². The van der Waals surface area contributed by atoms with Gasteiger partial charge in [0.05, 0.1) is 41.5 Å². The van der Waals surface area contributed by atoms with Gasteiger partial charge in [0.2, 0.25) is 5.88 Å². The number of likely N-dealkylation sites (tertiary alicyclic amines) is 1. The lowest BCUT2D eigenvalue weighted by Crippen LogP contribution is -2.39. The van der Waals surface area contributed by atoms with Crippen LogP contribution in [0.3, 0.4) is 0 Å². The number of aromatic carboxylic acids is 1. The van der Waals surface area contributed by atoms with Crippen molar-refractivity contribution >= 4 is 25.1 Å². The number of ether oxygens (including phenoxy) is 3. The van der Waals surface area contributed by atoms with Crippen LogP contribution in [0.15, 0.2) is 54.6 Å². The number of hydrogen-bond acceptors (Lipinski definition) is 7. The second-order valence-electron chi connectivity index (χ2n) is 12.9. The number of halogens is 1. The van der Waals surface area contributed by atoms with E-state index in [9.17, 15) is 14.3 Å². The molecule has 46 heavy (non-hydrogen) atoms. The Morgan fingerprint density at radius 3 is 2.59 bits per heavy atom. The van der Waals surface area contributed by atoms with Crippen molar-refractivity contribution in [3.8, 4) is 23.1 Å². The van der Waals surface area contributed by atoms with E-state index in [1.807, 2.05) is 18.2 Å². The smallest absolute Gasteiger partial charge is 0.335 e. The number of hydrogen-bond donors (Lipinski definition) is 1. The van der Waals surface area contributed by atoms with Gasteiger partial charge in [-0.3, -0.25) is 4.90 Å². The maximum atomic E-state index is 14.7.